The summed E-state index contributed by atoms with van der Waals surface area (Å²) in [6, 6.07) is 6.73. The molecule has 0 radical (unpaired) electrons. The van der Waals surface area contributed by atoms with Crippen LogP contribution < -0.4 is 0 Å². The third kappa shape index (κ3) is 1.39. The van der Waals surface area contributed by atoms with Crippen molar-refractivity contribution in [2.45, 2.75) is 32.3 Å². The summed E-state index contributed by atoms with van der Waals surface area (Å²) in [6.45, 7) is 3.82. The van der Waals surface area contributed by atoms with Gasteiger partial charge in [-0.2, -0.15) is 0 Å². The first-order chi connectivity index (χ1) is 10.5. The van der Waals surface area contributed by atoms with Crippen molar-refractivity contribution in [2.75, 3.05) is 0 Å². The zero-order valence-electron chi connectivity index (χ0n) is 12.6. The van der Waals surface area contributed by atoms with E-state index in [9.17, 15) is 14.7 Å². The molecule has 1 N–H and O–H groups in total. The zero-order valence-corrected chi connectivity index (χ0v) is 12.6. The van der Waals surface area contributed by atoms with E-state index in [4.69, 9.17) is 0 Å². The third-order valence-electron chi connectivity index (χ3n) is 5.20. The molecule has 4 rings (SSSR count). The summed E-state index contributed by atoms with van der Waals surface area (Å²) in [6.07, 6.45) is 3.47. The predicted molar refractivity (Wildman–Crippen MR) is 82.8 cm³/mol. The van der Waals surface area contributed by atoms with Gasteiger partial charge in [-0.25, -0.2) is 0 Å². The number of carbonyl (C=O) groups excluding carboxylic acids is 2. The van der Waals surface area contributed by atoms with Crippen molar-refractivity contribution in [1.82, 2.24) is 0 Å². The predicted octanol–water partition coefficient (Wildman–Crippen LogP) is 3.16. The number of ketones is 2. The molecule has 3 aliphatic rings. The lowest BCUT2D eigenvalue weighted by molar-refractivity contribution is 0.0552. The van der Waals surface area contributed by atoms with Gasteiger partial charge in [0.05, 0.1) is 0 Å². The quantitative estimate of drug-likeness (QED) is 0.799. The number of rotatable bonds is 0. The first-order valence-electron chi connectivity index (χ1n) is 7.49. The lowest BCUT2D eigenvalue weighted by Crippen LogP contribution is -2.50. The van der Waals surface area contributed by atoms with E-state index in [0.29, 0.717) is 16.7 Å². The van der Waals surface area contributed by atoms with E-state index < -0.39 is 5.60 Å². The van der Waals surface area contributed by atoms with Gasteiger partial charge >= 0.3 is 0 Å². The van der Waals surface area contributed by atoms with Crippen molar-refractivity contribution in [2.24, 2.45) is 0 Å². The molecule has 0 aromatic heterocycles. The highest BCUT2D eigenvalue weighted by Crippen LogP contribution is 2.48. The second-order valence-electron chi connectivity index (χ2n) is 6.27. The lowest BCUT2D eigenvalue weighted by atomic mass is 9.67. The van der Waals surface area contributed by atoms with Gasteiger partial charge in [0.2, 0.25) is 5.78 Å². The SMILES string of the molecule is CC1=C2C=C3C(=O)c4ccccc4C(=O)C3(O)C(C)=C2CC1. The van der Waals surface area contributed by atoms with E-state index >= 15 is 0 Å². The molecule has 1 aromatic rings. The molecular formula is C19H16O3. The lowest BCUT2D eigenvalue weighted by Gasteiger charge is -2.38. The summed E-state index contributed by atoms with van der Waals surface area (Å²) in [5.74, 6) is -0.633. The molecule has 0 spiro atoms. The number of benzene rings is 1. The topological polar surface area (TPSA) is 54.4 Å². The highest BCUT2D eigenvalue weighted by atomic mass is 16.3. The van der Waals surface area contributed by atoms with Crippen LogP contribution in [0.5, 0.6) is 0 Å². The van der Waals surface area contributed by atoms with E-state index in [1.165, 1.54) is 5.57 Å². The number of fused-ring (bicyclic) bond motifs is 3. The summed E-state index contributed by atoms with van der Waals surface area (Å²) in [5.41, 5.74) is 2.98. The average molecular weight is 292 g/mol. The number of hydrogen-bond donors (Lipinski definition) is 1. The monoisotopic (exact) mass is 292 g/mol. The highest BCUT2D eigenvalue weighted by Gasteiger charge is 2.53. The third-order valence-corrected chi connectivity index (χ3v) is 5.20. The van der Waals surface area contributed by atoms with Crippen molar-refractivity contribution in [3.63, 3.8) is 0 Å². The summed E-state index contributed by atoms with van der Waals surface area (Å²) < 4.78 is 0. The number of carbonyl (C=O) groups is 2. The first-order valence-corrected chi connectivity index (χ1v) is 7.49. The summed E-state index contributed by atoms with van der Waals surface area (Å²) in [4.78, 5) is 25.7. The maximum atomic E-state index is 12.9. The molecule has 3 aliphatic carbocycles. The smallest absolute Gasteiger partial charge is 0.204 e. The molecule has 0 fully saturated rings. The summed E-state index contributed by atoms with van der Waals surface area (Å²) in [5, 5.41) is 11.2. The van der Waals surface area contributed by atoms with Crippen molar-refractivity contribution in [3.8, 4) is 0 Å². The summed E-state index contributed by atoms with van der Waals surface area (Å²) >= 11 is 0. The van der Waals surface area contributed by atoms with E-state index in [1.807, 2.05) is 6.92 Å². The van der Waals surface area contributed by atoms with E-state index in [-0.39, 0.29) is 17.1 Å². The Morgan fingerprint density at radius 1 is 1.05 bits per heavy atom. The fraction of sp³-hybridized carbons (Fsp3) is 0.263. The van der Waals surface area contributed by atoms with E-state index in [2.05, 4.69) is 0 Å². The Bertz CT molecular complexity index is 851. The maximum Gasteiger partial charge on any atom is 0.204 e. The van der Waals surface area contributed by atoms with Gasteiger partial charge in [0.25, 0.3) is 0 Å². The zero-order chi connectivity index (χ0) is 15.6. The van der Waals surface area contributed by atoms with Gasteiger partial charge in [-0.1, -0.05) is 29.8 Å². The van der Waals surface area contributed by atoms with Crippen LogP contribution in [0.3, 0.4) is 0 Å². The Labute approximate surface area is 128 Å². The van der Waals surface area contributed by atoms with Crippen molar-refractivity contribution in [1.29, 1.82) is 0 Å². The molecule has 0 aliphatic heterocycles. The van der Waals surface area contributed by atoms with Crippen LogP contribution in [0.2, 0.25) is 0 Å². The highest BCUT2D eigenvalue weighted by molar-refractivity contribution is 6.28. The van der Waals surface area contributed by atoms with Gasteiger partial charge < -0.3 is 5.11 Å². The number of hydrogen-bond acceptors (Lipinski definition) is 3. The molecule has 1 aromatic carbocycles. The standard InChI is InChI=1S/C19H16O3/c1-10-7-8-12-11(2)19(22)16(9-15(10)12)17(20)13-5-3-4-6-14(13)18(19)21/h3-6,9,22H,7-8H2,1-2H3. The molecule has 1 unspecified atom stereocenters. The Morgan fingerprint density at radius 3 is 2.45 bits per heavy atom. The normalized spacial score (nSPS) is 26.8. The summed E-state index contributed by atoms with van der Waals surface area (Å²) in [7, 11) is 0. The van der Waals surface area contributed by atoms with E-state index in [0.717, 1.165) is 24.0 Å². The number of aliphatic hydroxyl groups is 1. The van der Waals surface area contributed by atoms with Gasteiger partial charge in [-0.15, -0.1) is 0 Å². The Morgan fingerprint density at radius 2 is 1.73 bits per heavy atom. The molecule has 0 saturated carbocycles. The van der Waals surface area contributed by atoms with Gasteiger partial charge in [-0.05, 0) is 49.5 Å². The largest absolute Gasteiger partial charge is 0.373 e. The van der Waals surface area contributed by atoms with Crippen molar-refractivity contribution >= 4 is 11.6 Å². The van der Waals surface area contributed by atoms with Crippen LogP contribution in [0.15, 0.2) is 58.2 Å². The second-order valence-corrected chi connectivity index (χ2v) is 6.27. The van der Waals surface area contributed by atoms with Crippen molar-refractivity contribution in [3.05, 3.63) is 69.3 Å². The Kier molecular flexibility index (Phi) is 2.52. The van der Waals surface area contributed by atoms with Crippen LogP contribution in [0, 0.1) is 0 Å². The van der Waals surface area contributed by atoms with Crippen LogP contribution in [0.4, 0.5) is 0 Å². The fourth-order valence-electron chi connectivity index (χ4n) is 3.85. The minimum atomic E-state index is -1.80. The number of allylic oxidation sites excluding steroid dienone is 4. The van der Waals surface area contributed by atoms with Crippen LogP contribution in [0.25, 0.3) is 0 Å². The van der Waals surface area contributed by atoms with Crippen LogP contribution >= 0.6 is 0 Å². The maximum absolute atomic E-state index is 12.9. The Hall–Kier alpha value is -2.26. The molecular weight excluding hydrogens is 276 g/mol. The van der Waals surface area contributed by atoms with E-state index in [1.54, 1.807) is 37.3 Å². The molecule has 0 saturated heterocycles. The molecule has 3 nitrogen and oxygen atoms in total. The molecule has 0 amide bonds. The van der Waals surface area contributed by atoms with Crippen LogP contribution in [-0.2, 0) is 0 Å². The fourth-order valence-corrected chi connectivity index (χ4v) is 3.85. The number of Topliss-reactive ketones (excluding diaryl/α,β-unsaturated/α-hetero) is 2. The molecule has 0 heterocycles. The van der Waals surface area contributed by atoms with Gasteiger partial charge in [0.15, 0.2) is 11.4 Å². The minimum absolute atomic E-state index is 0.203. The minimum Gasteiger partial charge on any atom is -0.373 e. The molecule has 1 atom stereocenters. The molecule has 3 heteroatoms. The molecule has 22 heavy (non-hydrogen) atoms. The first kappa shape index (κ1) is 13.4. The molecule has 110 valence electrons. The van der Waals surface area contributed by atoms with Crippen molar-refractivity contribution < 1.29 is 14.7 Å². The van der Waals surface area contributed by atoms with Crippen LogP contribution in [-0.4, -0.2) is 22.3 Å². The molecule has 0 bridgehead atoms. The van der Waals surface area contributed by atoms with Gasteiger partial charge in [0, 0.05) is 16.7 Å². The van der Waals surface area contributed by atoms with Gasteiger partial charge in [0.1, 0.15) is 0 Å². The van der Waals surface area contributed by atoms with Gasteiger partial charge in [-0.3, -0.25) is 9.59 Å². The Balaban J connectivity index is 2.06. The van der Waals surface area contributed by atoms with Crippen LogP contribution in [0.1, 0.15) is 47.4 Å². The average Bonchev–Trinajstić information content (AvgIpc) is 2.89. The second kappa shape index (κ2) is 4.14.